The molecule has 3 aliphatic carbocycles. The third-order valence-corrected chi connectivity index (χ3v) is 4.75. The third kappa shape index (κ3) is 2.43. The maximum absolute atomic E-state index is 8.59. The van der Waals surface area contributed by atoms with Crippen molar-refractivity contribution in [2.45, 2.75) is 57.1 Å². The molecule has 0 heterocycles. The SMILES string of the molecule is CC1(N=[N+]=[N-])C[C@H]2C[C@@H](OCC3CC3)C[C@H]2C1. The molecule has 0 radical (unpaired) electrons. The second-order valence-corrected chi connectivity index (χ2v) is 6.48. The van der Waals surface area contributed by atoms with E-state index in [1.54, 1.807) is 0 Å². The highest BCUT2D eigenvalue weighted by atomic mass is 16.5. The first-order valence-corrected chi connectivity index (χ1v) is 6.86. The molecule has 0 aromatic carbocycles. The lowest BCUT2D eigenvalue weighted by atomic mass is 9.97. The van der Waals surface area contributed by atoms with Crippen molar-refractivity contribution in [3.63, 3.8) is 0 Å². The summed E-state index contributed by atoms with van der Waals surface area (Å²) >= 11 is 0. The van der Waals surface area contributed by atoms with Crippen LogP contribution >= 0.6 is 0 Å². The summed E-state index contributed by atoms with van der Waals surface area (Å²) in [7, 11) is 0. The molecule has 0 aromatic heterocycles. The predicted octanol–water partition coefficient (Wildman–Crippen LogP) is 3.67. The smallest absolute Gasteiger partial charge is 0.0580 e. The van der Waals surface area contributed by atoms with Crippen molar-refractivity contribution < 1.29 is 4.74 Å². The van der Waals surface area contributed by atoms with Gasteiger partial charge in [-0.1, -0.05) is 12.0 Å². The Morgan fingerprint density at radius 1 is 1.29 bits per heavy atom. The summed E-state index contributed by atoms with van der Waals surface area (Å²) < 4.78 is 5.99. The van der Waals surface area contributed by atoms with Crippen LogP contribution in [0.4, 0.5) is 0 Å². The summed E-state index contributed by atoms with van der Waals surface area (Å²) in [6.07, 6.45) is 7.72. The summed E-state index contributed by atoms with van der Waals surface area (Å²) in [6.45, 7) is 3.09. The number of ether oxygens (including phenoxy) is 1. The minimum atomic E-state index is -0.119. The molecule has 4 atom stereocenters. The van der Waals surface area contributed by atoms with Gasteiger partial charge in [-0.05, 0) is 61.8 Å². The minimum Gasteiger partial charge on any atom is -0.378 e. The molecule has 94 valence electrons. The second kappa shape index (κ2) is 4.18. The molecular formula is C13H21N3O. The molecule has 0 aromatic rings. The first-order valence-electron chi connectivity index (χ1n) is 6.86. The van der Waals surface area contributed by atoms with Gasteiger partial charge < -0.3 is 4.74 Å². The molecule has 0 bridgehead atoms. The van der Waals surface area contributed by atoms with Crippen LogP contribution < -0.4 is 0 Å². The van der Waals surface area contributed by atoms with Crippen molar-refractivity contribution in [2.75, 3.05) is 6.61 Å². The van der Waals surface area contributed by atoms with E-state index in [1.807, 2.05) is 0 Å². The van der Waals surface area contributed by atoms with Crippen molar-refractivity contribution in [1.29, 1.82) is 0 Å². The van der Waals surface area contributed by atoms with Gasteiger partial charge in [-0.2, -0.15) is 0 Å². The predicted molar refractivity (Wildman–Crippen MR) is 65.5 cm³/mol. The van der Waals surface area contributed by atoms with Gasteiger partial charge in [0, 0.05) is 17.1 Å². The van der Waals surface area contributed by atoms with E-state index in [-0.39, 0.29) is 5.54 Å². The Morgan fingerprint density at radius 2 is 1.94 bits per heavy atom. The van der Waals surface area contributed by atoms with Crippen LogP contribution in [0.5, 0.6) is 0 Å². The van der Waals surface area contributed by atoms with Gasteiger partial charge in [-0.3, -0.25) is 0 Å². The largest absolute Gasteiger partial charge is 0.378 e. The fourth-order valence-electron chi connectivity index (χ4n) is 3.75. The second-order valence-electron chi connectivity index (χ2n) is 6.48. The Hall–Kier alpha value is -0.730. The van der Waals surface area contributed by atoms with Crippen molar-refractivity contribution >= 4 is 0 Å². The van der Waals surface area contributed by atoms with Crippen molar-refractivity contribution in [3.8, 4) is 0 Å². The zero-order valence-electron chi connectivity index (χ0n) is 10.5. The van der Waals surface area contributed by atoms with E-state index < -0.39 is 0 Å². The molecule has 0 amide bonds. The molecule has 4 heteroatoms. The molecule has 3 rings (SSSR count). The van der Waals surface area contributed by atoms with Gasteiger partial charge in [0.15, 0.2) is 0 Å². The van der Waals surface area contributed by atoms with Gasteiger partial charge in [-0.15, -0.1) is 0 Å². The Balaban J connectivity index is 1.51. The summed E-state index contributed by atoms with van der Waals surface area (Å²) in [5, 5.41) is 3.99. The molecule has 17 heavy (non-hydrogen) atoms. The third-order valence-electron chi connectivity index (χ3n) is 4.75. The molecule has 4 nitrogen and oxygen atoms in total. The van der Waals surface area contributed by atoms with E-state index in [0.29, 0.717) is 6.10 Å². The first-order chi connectivity index (χ1) is 8.18. The Labute approximate surface area is 102 Å². The summed E-state index contributed by atoms with van der Waals surface area (Å²) in [4.78, 5) is 3.00. The fourth-order valence-corrected chi connectivity index (χ4v) is 3.75. The molecule has 0 spiro atoms. The van der Waals surface area contributed by atoms with E-state index in [0.717, 1.165) is 37.2 Å². The summed E-state index contributed by atoms with van der Waals surface area (Å²) in [6, 6.07) is 0. The molecule has 3 aliphatic rings. The number of nitrogens with zero attached hydrogens (tertiary/aromatic N) is 3. The zero-order valence-corrected chi connectivity index (χ0v) is 10.5. The molecule has 0 aliphatic heterocycles. The van der Waals surface area contributed by atoms with Crippen LogP contribution in [0.2, 0.25) is 0 Å². The average Bonchev–Trinajstić information content (AvgIpc) is 2.94. The van der Waals surface area contributed by atoms with Gasteiger partial charge in [0.2, 0.25) is 0 Å². The van der Waals surface area contributed by atoms with Crippen molar-refractivity contribution in [2.24, 2.45) is 22.9 Å². The van der Waals surface area contributed by atoms with E-state index >= 15 is 0 Å². The fraction of sp³-hybridized carbons (Fsp3) is 1.00. The van der Waals surface area contributed by atoms with Crippen LogP contribution in [0.1, 0.15) is 45.4 Å². The molecule has 1 unspecified atom stereocenters. The lowest BCUT2D eigenvalue weighted by Crippen LogP contribution is -2.20. The molecular weight excluding hydrogens is 214 g/mol. The Bertz CT molecular complexity index is 333. The van der Waals surface area contributed by atoms with Gasteiger partial charge in [0.1, 0.15) is 0 Å². The van der Waals surface area contributed by atoms with E-state index in [1.165, 1.54) is 25.7 Å². The Kier molecular flexibility index (Phi) is 2.80. The van der Waals surface area contributed by atoms with E-state index in [4.69, 9.17) is 10.3 Å². The molecule has 0 saturated heterocycles. The Morgan fingerprint density at radius 3 is 2.47 bits per heavy atom. The monoisotopic (exact) mass is 235 g/mol. The van der Waals surface area contributed by atoms with E-state index in [2.05, 4.69) is 16.9 Å². The highest BCUT2D eigenvalue weighted by molar-refractivity contribution is 5.02. The zero-order chi connectivity index (χ0) is 11.9. The first kappa shape index (κ1) is 11.4. The maximum atomic E-state index is 8.59. The quantitative estimate of drug-likeness (QED) is 0.416. The minimum absolute atomic E-state index is 0.119. The lowest BCUT2D eigenvalue weighted by molar-refractivity contribution is 0.0439. The number of fused-ring (bicyclic) bond motifs is 1. The van der Waals surface area contributed by atoms with Crippen molar-refractivity contribution in [3.05, 3.63) is 10.4 Å². The summed E-state index contributed by atoms with van der Waals surface area (Å²) in [5.41, 5.74) is 8.47. The molecule has 0 N–H and O–H groups in total. The van der Waals surface area contributed by atoms with Crippen LogP contribution in [0, 0.1) is 17.8 Å². The molecule has 3 saturated carbocycles. The number of hydrogen-bond donors (Lipinski definition) is 0. The van der Waals surface area contributed by atoms with Gasteiger partial charge in [0.05, 0.1) is 6.10 Å². The molecule has 3 fully saturated rings. The number of azide groups is 1. The van der Waals surface area contributed by atoms with E-state index in [9.17, 15) is 0 Å². The topological polar surface area (TPSA) is 58.0 Å². The van der Waals surface area contributed by atoms with Crippen LogP contribution in [-0.2, 0) is 4.74 Å². The lowest BCUT2D eigenvalue weighted by Gasteiger charge is -2.20. The highest BCUT2D eigenvalue weighted by Crippen LogP contribution is 2.51. The number of rotatable bonds is 4. The maximum Gasteiger partial charge on any atom is 0.0580 e. The normalized spacial score (nSPS) is 44.4. The summed E-state index contributed by atoms with van der Waals surface area (Å²) in [5.74, 6) is 2.33. The van der Waals surface area contributed by atoms with Gasteiger partial charge in [-0.25, -0.2) is 0 Å². The standard InChI is InChI=1S/C13H21N3O/c1-13(15-16-14)6-10-4-12(5-11(10)7-13)17-8-9-2-3-9/h9-12H,2-8H2,1H3/t10-,11+,12-,13?. The van der Waals surface area contributed by atoms with Crippen LogP contribution in [-0.4, -0.2) is 18.2 Å². The number of hydrogen-bond acceptors (Lipinski definition) is 2. The highest BCUT2D eigenvalue weighted by Gasteiger charge is 2.47. The van der Waals surface area contributed by atoms with Gasteiger partial charge >= 0.3 is 0 Å². The van der Waals surface area contributed by atoms with Crippen molar-refractivity contribution in [1.82, 2.24) is 0 Å². The van der Waals surface area contributed by atoms with Crippen LogP contribution in [0.15, 0.2) is 5.11 Å². The van der Waals surface area contributed by atoms with Crippen LogP contribution in [0.25, 0.3) is 10.4 Å². The average molecular weight is 235 g/mol. The van der Waals surface area contributed by atoms with Gasteiger partial charge in [0.25, 0.3) is 0 Å². The van der Waals surface area contributed by atoms with Crippen LogP contribution in [0.3, 0.4) is 0 Å².